The molecule has 1 atom stereocenters. The topological polar surface area (TPSA) is 29.5 Å². The zero-order valence-corrected chi connectivity index (χ0v) is 18.9. The highest BCUT2D eigenvalue weighted by molar-refractivity contribution is 5.96. The molecule has 4 aromatic rings. The maximum Gasteiger partial charge on any atom is 0.129 e. The minimum Gasteiger partial charge on any atom is -0.496 e. The fourth-order valence-corrected chi connectivity index (χ4v) is 5.22. The molecule has 5 rings (SSSR count). The van der Waals surface area contributed by atoms with Crippen LogP contribution in [0.3, 0.4) is 0 Å². The van der Waals surface area contributed by atoms with Gasteiger partial charge in [-0.2, -0.15) is 0 Å². The van der Waals surface area contributed by atoms with E-state index in [1.165, 1.54) is 27.6 Å². The van der Waals surface area contributed by atoms with Crippen LogP contribution < -0.4 is 4.74 Å². The van der Waals surface area contributed by atoms with Crippen molar-refractivity contribution in [1.82, 2.24) is 0 Å². The number of benzene rings is 4. The molecular formula is C30H28O2. The molecule has 1 N–H and O–H groups in total. The van der Waals surface area contributed by atoms with Gasteiger partial charge in [0.25, 0.3) is 0 Å². The van der Waals surface area contributed by atoms with Gasteiger partial charge >= 0.3 is 0 Å². The predicted molar refractivity (Wildman–Crippen MR) is 132 cm³/mol. The first-order valence-corrected chi connectivity index (χ1v) is 11.1. The molecule has 1 aliphatic carbocycles. The summed E-state index contributed by atoms with van der Waals surface area (Å²) in [5.41, 5.74) is 7.96. The summed E-state index contributed by atoms with van der Waals surface area (Å²) in [7, 11) is 1.72. The Kier molecular flexibility index (Phi) is 5.11. The lowest BCUT2D eigenvalue weighted by molar-refractivity contribution is 0.281. The van der Waals surface area contributed by atoms with Gasteiger partial charge in [-0.3, -0.25) is 0 Å². The van der Waals surface area contributed by atoms with Crippen molar-refractivity contribution in [2.24, 2.45) is 0 Å². The van der Waals surface area contributed by atoms with Gasteiger partial charge in [-0.05, 0) is 65.1 Å². The number of aliphatic hydroxyl groups is 1. The number of allylic oxidation sites excluding steroid dienone is 1. The molecule has 0 aromatic heterocycles. The van der Waals surface area contributed by atoms with Crippen molar-refractivity contribution in [3.05, 3.63) is 118 Å². The maximum absolute atomic E-state index is 10.2. The summed E-state index contributed by atoms with van der Waals surface area (Å²) in [6, 6.07) is 26.1. The first-order valence-electron chi connectivity index (χ1n) is 11.1. The lowest BCUT2D eigenvalue weighted by Crippen LogP contribution is -2.31. The molecule has 0 saturated heterocycles. The van der Waals surface area contributed by atoms with E-state index in [1.54, 1.807) is 7.11 Å². The zero-order chi connectivity index (χ0) is 22.3. The molecule has 0 spiro atoms. The Balaban J connectivity index is 1.82. The van der Waals surface area contributed by atoms with Crippen LogP contribution in [-0.4, -0.2) is 12.2 Å². The number of aryl methyl sites for hydroxylation is 2. The van der Waals surface area contributed by atoms with E-state index in [4.69, 9.17) is 4.74 Å². The van der Waals surface area contributed by atoms with E-state index in [2.05, 4.69) is 98.8 Å². The second-order valence-electron chi connectivity index (χ2n) is 8.81. The highest BCUT2D eigenvalue weighted by atomic mass is 16.5. The Hall–Kier alpha value is -3.36. The predicted octanol–water partition coefficient (Wildman–Crippen LogP) is 6.51. The molecule has 1 aliphatic rings. The molecule has 0 bridgehead atoms. The van der Waals surface area contributed by atoms with E-state index in [9.17, 15) is 5.11 Å². The molecule has 32 heavy (non-hydrogen) atoms. The third-order valence-electron chi connectivity index (χ3n) is 6.93. The number of ether oxygens (including phenoxy) is 1. The molecule has 0 heterocycles. The van der Waals surface area contributed by atoms with Crippen molar-refractivity contribution >= 4 is 16.8 Å². The van der Waals surface area contributed by atoms with Crippen molar-refractivity contribution in [2.45, 2.75) is 32.3 Å². The summed E-state index contributed by atoms with van der Waals surface area (Å²) >= 11 is 0. The third-order valence-corrected chi connectivity index (χ3v) is 6.93. The van der Waals surface area contributed by atoms with Crippen LogP contribution in [0.2, 0.25) is 0 Å². The second-order valence-corrected chi connectivity index (χ2v) is 8.81. The van der Waals surface area contributed by atoms with Crippen molar-refractivity contribution in [1.29, 1.82) is 0 Å². The number of rotatable bonds is 4. The standard InChI is InChI=1S/C30H28O2/c1-20-9-12-24(13-10-20)30(23-7-5-4-6-8-23)16-15-25-22(19-31)17-27-26(28(25)18-30)14-11-21(2)29(27)32-3/h4-17,31H,18-19H2,1-3H3. The molecule has 0 saturated carbocycles. The number of hydrogen-bond acceptors (Lipinski definition) is 2. The van der Waals surface area contributed by atoms with E-state index in [-0.39, 0.29) is 12.0 Å². The molecule has 4 aromatic carbocycles. The van der Waals surface area contributed by atoms with Crippen molar-refractivity contribution < 1.29 is 9.84 Å². The highest BCUT2D eigenvalue weighted by Gasteiger charge is 2.36. The Labute approximate surface area is 189 Å². The van der Waals surface area contributed by atoms with Gasteiger partial charge in [-0.15, -0.1) is 0 Å². The van der Waals surface area contributed by atoms with Crippen molar-refractivity contribution in [3.63, 3.8) is 0 Å². The normalized spacial score (nSPS) is 17.4. The average molecular weight is 421 g/mol. The van der Waals surface area contributed by atoms with Gasteiger partial charge in [0.05, 0.1) is 13.7 Å². The molecule has 0 fully saturated rings. The van der Waals surface area contributed by atoms with Crippen LogP contribution in [0.4, 0.5) is 0 Å². The van der Waals surface area contributed by atoms with E-state index in [0.29, 0.717) is 0 Å². The van der Waals surface area contributed by atoms with E-state index in [1.807, 2.05) is 0 Å². The molecule has 160 valence electrons. The minimum atomic E-state index is -0.277. The van der Waals surface area contributed by atoms with Crippen LogP contribution in [0, 0.1) is 13.8 Å². The van der Waals surface area contributed by atoms with Crippen molar-refractivity contribution in [2.75, 3.05) is 7.11 Å². The third kappa shape index (κ3) is 3.14. The number of hydrogen-bond donors (Lipinski definition) is 1. The largest absolute Gasteiger partial charge is 0.496 e. The minimum absolute atomic E-state index is 0.00256. The van der Waals surface area contributed by atoms with Crippen LogP contribution in [-0.2, 0) is 18.4 Å². The van der Waals surface area contributed by atoms with Crippen LogP contribution >= 0.6 is 0 Å². The summed E-state index contributed by atoms with van der Waals surface area (Å²) in [4.78, 5) is 0. The fraction of sp³-hybridized carbons (Fsp3) is 0.200. The Morgan fingerprint density at radius 2 is 1.59 bits per heavy atom. The molecule has 2 nitrogen and oxygen atoms in total. The molecule has 0 amide bonds. The lowest BCUT2D eigenvalue weighted by Gasteiger charge is -2.37. The summed E-state index contributed by atoms with van der Waals surface area (Å²) in [5.74, 6) is 0.884. The maximum atomic E-state index is 10.2. The van der Waals surface area contributed by atoms with Gasteiger partial charge in [-0.1, -0.05) is 84.4 Å². The van der Waals surface area contributed by atoms with Crippen LogP contribution in [0.25, 0.3) is 16.8 Å². The molecular weight excluding hydrogens is 392 g/mol. The smallest absolute Gasteiger partial charge is 0.129 e. The van der Waals surface area contributed by atoms with E-state index < -0.39 is 0 Å². The second kappa shape index (κ2) is 7.96. The zero-order valence-electron chi connectivity index (χ0n) is 18.9. The number of aliphatic hydroxyl groups excluding tert-OH is 1. The SMILES string of the molecule is COc1c(C)ccc2c3c(c(CO)cc12)C=CC(c1ccccc1)(c1ccc(C)cc1)C3. The highest BCUT2D eigenvalue weighted by Crippen LogP contribution is 2.46. The van der Waals surface area contributed by atoms with Gasteiger partial charge in [-0.25, -0.2) is 0 Å². The van der Waals surface area contributed by atoms with Crippen LogP contribution in [0.15, 0.2) is 78.9 Å². The van der Waals surface area contributed by atoms with Gasteiger partial charge in [0, 0.05) is 10.8 Å². The van der Waals surface area contributed by atoms with Crippen LogP contribution in [0.1, 0.15) is 38.9 Å². The summed E-state index contributed by atoms with van der Waals surface area (Å²) in [5, 5.41) is 12.5. The quantitative estimate of drug-likeness (QED) is 0.408. The summed E-state index contributed by atoms with van der Waals surface area (Å²) in [6.45, 7) is 4.19. The van der Waals surface area contributed by atoms with E-state index >= 15 is 0 Å². The molecule has 0 aliphatic heterocycles. The van der Waals surface area contributed by atoms with Crippen LogP contribution in [0.5, 0.6) is 5.75 Å². The summed E-state index contributed by atoms with van der Waals surface area (Å²) < 4.78 is 5.78. The first-order chi connectivity index (χ1) is 15.6. The van der Waals surface area contributed by atoms with Gasteiger partial charge < -0.3 is 9.84 Å². The lowest BCUT2D eigenvalue weighted by atomic mass is 9.66. The van der Waals surface area contributed by atoms with Gasteiger partial charge in [0.2, 0.25) is 0 Å². The van der Waals surface area contributed by atoms with E-state index in [0.717, 1.165) is 34.2 Å². The Morgan fingerprint density at radius 1 is 0.875 bits per heavy atom. The number of fused-ring (bicyclic) bond motifs is 3. The molecule has 0 radical (unpaired) electrons. The fourth-order valence-electron chi connectivity index (χ4n) is 5.22. The summed E-state index contributed by atoms with van der Waals surface area (Å²) in [6.07, 6.45) is 5.36. The van der Waals surface area contributed by atoms with Crippen molar-refractivity contribution in [3.8, 4) is 5.75 Å². The molecule has 1 unspecified atom stereocenters. The Bertz CT molecular complexity index is 1320. The monoisotopic (exact) mass is 420 g/mol. The first kappa shape index (κ1) is 20.5. The number of methoxy groups -OCH3 is 1. The average Bonchev–Trinajstić information content (AvgIpc) is 2.84. The molecule has 2 heteroatoms. The Morgan fingerprint density at radius 3 is 2.28 bits per heavy atom. The van der Waals surface area contributed by atoms with Gasteiger partial charge in [0.1, 0.15) is 5.75 Å². The van der Waals surface area contributed by atoms with Gasteiger partial charge in [0.15, 0.2) is 0 Å².